The quantitative estimate of drug-likeness (QED) is 0.241. The van der Waals surface area contributed by atoms with Gasteiger partial charge in [0.05, 0.1) is 0 Å². The molecule has 0 bridgehead atoms. The third kappa shape index (κ3) is 3.34. The van der Waals surface area contributed by atoms with Gasteiger partial charge in [0.25, 0.3) is 5.55 Å². The predicted molar refractivity (Wildman–Crippen MR) is 67.6 cm³/mol. The first kappa shape index (κ1) is 29.0. The highest BCUT2D eigenvalue weighted by Crippen LogP contribution is 2.64. The molecule has 0 rings (SSSR count). The number of halogens is 17. The van der Waals surface area contributed by atoms with Crippen molar-refractivity contribution >= 4 is 8.80 Å². The van der Waals surface area contributed by atoms with Crippen LogP contribution in [0.1, 0.15) is 6.92 Å². The second-order valence-corrected chi connectivity index (χ2v) is 8.89. The molecule has 1 radical (unpaired) electrons. The van der Waals surface area contributed by atoms with E-state index in [2.05, 4.69) is 0 Å². The Kier molecular flexibility index (Phi) is 7.04. The van der Waals surface area contributed by atoms with Crippen LogP contribution in [0.3, 0.4) is 0 Å². The summed E-state index contributed by atoms with van der Waals surface area (Å²) in [6, 6.07) is 0. The molecule has 0 amide bonds. The van der Waals surface area contributed by atoms with Crippen LogP contribution < -0.4 is 0 Å². The third-order valence-corrected chi connectivity index (χ3v) is 5.48. The highest BCUT2D eigenvalue weighted by Gasteiger charge is 2.95. The summed E-state index contributed by atoms with van der Waals surface area (Å²) >= 11 is 0. The molecule has 0 saturated carbocycles. The molecule has 0 aromatic rings. The number of hydrogen-bond donors (Lipinski definition) is 0. The number of hydrogen-bond acceptors (Lipinski definition) is 0. The summed E-state index contributed by atoms with van der Waals surface area (Å²) in [6.45, 7) is -0.441. The van der Waals surface area contributed by atoms with Gasteiger partial charge in [0.15, 0.2) is 6.17 Å². The van der Waals surface area contributed by atoms with Crippen molar-refractivity contribution in [2.24, 2.45) is 0 Å². The van der Waals surface area contributed by atoms with Crippen LogP contribution in [0.5, 0.6) is 0 Å². The molecule has 1 atom stereocenters. The Bertz CT molecular complexity index is 566. The molecule has 0 aliphatic heterocycles. The first-order chi connectivity index (χ1) is 12.6. The van der Waals surface area contributed by atoms with E-state index < -0.39 is 68.9 Å². The molecule has 0 aromatic heterocycles. The van der Waals surface area contributed by atoms with E-state index in [0.29, 0.717) is 0 Å². The van der Waals surface area contributed by atoms with Gasteiger partial charge in [-0.15, -0.1) is 0 Å². The van der Waals surface area contributed by atoms with Crippen molar-refractivity contribution in [2.45, 2.75) is 73.2 Å². The summed E-state index contributed by atoms with van der Waals surface area (Å²) in [6.07, 6.45) is -4.46. The van der Waals surface area contributed by atoms with Gasteiger partial charge in [-0.25, -0.2) is 13.2 Å². The summed E-state index contributed by atoms with van der Waals surface area (Å²) in [5, 5.41) is 0. The molecule has 181 valence electrons. The normalized spacial score (nSPS) is 17.5. The second-order valence-electron chi connectivity index (χ2n) is 6.26. The zero-order chi connectivity index (χ0) is 25.2. The lowest BCUT2D eigenvalue weighted by Gasteiger charge is -2.44. The molecule has 0 saturated heterocycles. The molecule has 0 aliphatic carbocycles. The van der Waals surface area contributed by atoms with E-state index in [9.17, 15) is 74.6 Å². The minimum atomic E-state index is -8.50. The molecule has 1 unspecified atom stereocenters. The van der Waals surface area contributed by atoms with Crippen molar-refractivity contribution in [3.05, 3.63) is 0 Å². The Morgan fingerprint density at radius 2 is 0.700 bits per heavy atom. The molecule has 0 fully saturated rings. The van der Waals surface area contributed by atoms with Crippen molar-refractivity contribution in [3.8, 4) is 0 Å². The lowest BCUT2D eigenvalue weighted by molar-refractivity contribution is -0.451. The predicted octanol–water partition coefficient (Wildman–Crippen LogP) is 6.72. The smallest absolute Gasteiger partial charge is 0.241 e. The summed E-state index contributed by atoms with van der Waals surface area (Å²) in [5.74, 6) is -55.7. The van der Waals surface area contributed by atoms with E-state index >= 15 is 0 Å². The van der Waals surface area contributed by atoms with Gasteiger partial charge in [-0.1, -0.05) is 13.1 Å². The molecule has 0 N–H and O–H groups in total. The Morgan fingerprint density at radius 1 is 0.467 bits per heavy atom. The third-order valence-electron chi connectivity index (χ3n) is 3.91. The SMILES string of the molecule is CC(F)C(F)(F)C(F)(F)C(F)(F)C(F)(F)C(F)(F)C(F)(F)C(F)(F)C(F)(F)[Si](C)C. The van der Waals surface area contributed by atoms with Crippen molar-refractivity contribution in [2.75, 3.05) is 0 Å². The zero-order valence-electron chi connectivity index (χ0n) is 14.5. The summed E-state index contributed by atoms with van der Waals surface area (Å²) in [5.41, 5.74) is -6.20. The fraction of sp³-hybridized carbons (Fsp3) is 1.00. The van der Waals surface area contributed by atoms with Crippen LogP contribution in [0.25, 0.3) is 0 Å². The maximum Gasteiger partial charge on any atom is 0.385 e. The van der Waals surface area contributed by atoms with Gasteiger partial charge >= 0.3 is 41.5 Å². The summed E-state index contributed by atoms with van der Waals surface area (Å²) in [7, 11) is -4.10. The molecule has 0 nitrogen and oxygen atoms in total. The monoisotopic (exact) mass is 505 g/mol. The van der Waals surface area contributed by atoms with Crippen LogP contribution in [0, 0.1) is 0 Å². The zero-order valence-corrected chi connectivity index (χ0v) is 15.5. The van der Waals surface area contributed by atoms with Gasteiger partial charge in [0.2, 0.25) is 0 Å². The Morgan fingerprint density at radius 3 is 0.933 bits per heavy atom. The molecular formula is C12H10F17Si. The van der Waals surface area contributed by atoms with Gasteiger partial charge < -0.3 is 0 Å². The average Bonchev–Trinajstić information content (AvgIpc) is 2.52. The summed E-state index contributed by atoms with van der Waals surface area (Å²) < 4.78 is 225. The number of rotatable bonds is 9. The van der Waals surface area contributed by atoms with Gasteiger partial charge in [-0.05, 0) is 6.92 Å². The Balaban J connectivity index is 6.82. The topological polar surface area (TPSA) is 0 Å². The van der Waals surface area contributed by atoms with Gasteiger partial charge in [-0.2, -0.15) is 61.5 Å². The van der Waals surface area contributed by atoms with E-state index in [1.807, 2.05) is 0 Å². The van der Waals surface area contributed by atoms with Crippen LogP contribution in [-0.4, -0.2) is 62.0 Å². The van der Waals surface area contributed by atoms with Crippen molar-refractivity contribution in [3.63, 3.8) is 0 Å². The first-order valence-electron chi connectivity index (χ1n) is 7.11. The van der Waals surface area contributed by atoms with Crippen LogP contribution in [0.2, 0.25) is 13.1 Å². The van der Waals surface area contributed by atoms with Crippen LogP contribution in [0.4, 0.5) is 74.6 Å². The molecule has 18 heteroatoms. The van der Waals surface area contributed by atoms with Crippen LogP contribution in [-0.2, 0) is 0 Å². The average molecular weight is 505 g/mol. The highest BCUT2D eigenvalue weighted by atomic mass is 28.3. The van der Waals surface area contributed by atoms with Gasteiger partial charge in [-0.3, -0.25) is 0 Å². The summed E-state index contributed by atoms with van der Waals surface area (Å²) in [4.78, 5) is 0. The first-order valence-corrected chi connectivity index (χ1v) is 9.61. The van der Waals surface area contributed by atoms with Crippen molar-refractivity contribution in [1.82, 2.24) is 0 Å². The molecule has 0 aliphatic rings. The van der Waals surface area contributed by atoms with E-state index in [-0.39, 0.29) is 13.1 Å². The highest BCUT2D eigenvalue weighted by molar-refractivity contribution is 6.58. The maximum absolute atomic E-state index is 13.4. The maximum atomic E-state index is 13.4. The lowest BCUT2D eigenvalue weighted by atomic mass is 9.88. The molecular weight excluding hydrogens is 495 g/mol. The molecule has 0 spiro atoms. The van der Waals surface area contributed by atoms with Crippen molar-refractivity contribution in [1.29, 1.82) is 0 Å². The fourth-order valence-corrected chi connectivity index (χ4v) is 2.54. The standard InChI is InChI=1S/C12H10F17Si/c1-4(13)5(14,15)6(16,17)7(18,19)8(20,21)9(22,23)10(24,25)11(26,27)12(28,29)30(2)3/h4H,1-3H3. The Hall–Kier alpha value is -0.973. The van der Waals surface area contributed by atoms with E-state index in [4.69, 9.17) is 0 Å². The molecule has 0 aromatic carbocycles. The minimum absolute atomic E-state index is 0.0941. The molecule has 0 heterocycles. The van der Waals surface area contributed by atoms with E-state index in [0.717, 1.165) is 0 Å². The van der Waals surface area contributed by atoms with Crippen LogP contribution in [0.15, 0.2) is 0 Å². The lowest BCUT2D eigenvalue weighted by Crippen LogP contribution is -2.76. The largest absolute Gasteiger partial charge is 0.385 e. The van der Waals surface area contributed by atoms with Crippen LogP contribution >= 0.6 is 0 Å². The second kappa shape index (κ2) is 7.28. The van der Waals surface area contributed by atoms with Crippen molar-refractivity contribution < 1.29 is 74.6 Å². The van der Waals surface area contributed by atoms with E-state index in [1.165, 1.54) is 0 Å². The van der Waals surface area contributed by atoms with E-state index in [1.54, 1.807) is 0 Å². The van der Waals surface area contributed by atoms with Gasteiger partial charge in [0.1, 0.15) is 8.80 Å². The Labute approximate surface area is 158 Å². The minimum Gasteiger partial charge on any atom is -0.241 e. The van der Waals surface area contributed by atoms with Gasteiger partial charge in [0, 0.05) is 0 Å². The molecule has 30 heavy (non-hydrogen) atoms. The fourth-order valence-electron chi connectivity index (χ4n) is 1.76. The number of alkyl halides is 17.